The van der Waals surface area contributed by atoms with E-state index in [4.69, 9.17) is 5.11 Å². The van der Waals surface area contributed by atoms with E-state index in [1.807, 2.05) is 0 Å². The number of thioether (sulfide) groups is 1. The third-order valence-corrected chi connectivity index (χ3v) is 7.50. The highest BCUT2D eigenvalue weighted by molar-refractivity contribution is 8.16. The van der Waals surface area contributed by atoms with E-state index in [1.165, 1.54) is 17.0 Å². The van der Waals surface area contributed by atoms with Crippen LogP contribution in [0.5, 0.6) is 0 Å². The first-order chi connectivity index (χ1) is 13.0. The summed E-state index contributed by atoms with van der Waals surface area (Å²) in [5.74, 6) is -2.33. The number of fused-ring (bicyclic) bond motifs is 1. The average Bonchev–Trinajstić information content (AvgIpc) is 3.03. The van der Waals surface area contributed by atoms with Crippen molar-refractivity contribution >= 4 is 44.3 Å². The van der Waals surface area contributed by atoms with Gasteiger partial charge in [0.25, 0.3) is 0 Å². The fraction of sp³-hybridized carbons (Fsp3) is 0.438. The number of halogens is 3. The van der Waals surface area contributed by atoms with Gasteiger partial charge >= 0.3 is 12.1 Å². The summed E-state index contributed by atoms with van der Waals surface area (Å²) in [4.78, 5) is 27.8. The molecule has 2 heterocycles. The minimum Gasteiger partial charge on any atom is -0.481 e. The lowest BCUT2D eigenvalue weighted by Crippen LogP contribution is -2.37. The molecule has 7 nitrogen and oxygen atoms in total. The number of anilines is 1. The van der Waals surface area contributed by atoms with Crippen molar-refractivity contribution in [3.8, 4) is 0 Å². The van der Waals surface area contributed by atoms with Gasteiger partial charge in [-0.1, -0.05) is 17.8 Å². The number of carboxylic acid groups (broad SMARTS) is 1. The van der Waals surface area contributed by atoms with Crippen LogP contribution in [-0.2, 0) is 25.6 Å². The molecule has 12 heteroatoms. The van der Waals surface area contributed by atoms with Gasteiger partial charge in [-0.15, -0.1) is 0 Å². The van der Waals surface area contributed by atoms with Gasteiger partial charge in [0.2, 0.25) is 5.91 Å². The van der Waals surface area contributed by atoms with E-state index in [2.05, 4.69) is 4.99 Å². The Labute approximate surface area is 162 Å². The van der Waals surface area contributed by atoms with Crippen molar-refractivity contribution in [2.75, 3.05) is 16.4 Å². The van der Waals surface area contributed by atoms with Gasteiger partial charge in [-0.05, 0) is 18.2 Å². The topological polar surface area (TPSA) is 104 Å². The fourth-order valence-corrected chi connectivity index (χ4v) is 7.01. The van der Waals surface area contributed by atoms with Gasteiger partial charge in [0, 0.05) is 17.4 Å². The number of carbonyl (C=O) groups excluding carboxylic acids is 1. The zero-order valence-corrected chi connectivity index (χ0v) is 15.9. The molecule has 0 saturated carbocycles. The third-order valence-electron chi connectivity index (χ3n) is 4.29. The summed E-state index contributed by atoms with van der Waals surface area (Å²) in [7, 11) is -3.36. The molecule has 3 rings (SSSR count). The Morgan fingerprint density at radius 2 is 1.96 bits per heavy atom. The number of aliphatic imine (C=N–C) groups is 1. The molecule has 0 bridgehead atoms. The number of hydrogen-bond donors (Lipinski definition) is 1. The zero-order valence-electron chi connectivity index (χ0n) is 14.2. The quantitative estimate of drug-likeness (QED) is 0.771. The number of hydrogen-bond acceptors (Lipinski definition) is 5. The first-order valence-electron chi connectivity index (χ1n) is 8.13. The molecule has 2 aliphatic rings. The Morgan fingerprint density at radius 1 is 1.25 bits per heavy atom. The summed E-state index contributed by atoms with van der Waals surface area (Å²) < 4.78 is 63.1. The van der Waals surface area contributed by atoms with E-state index >= 15 is 0 Å². The summed E-state index contributed by atoms with van der Waals surface area (Å²) in [5.41, 5.74) is -0.826. The van der Waals surface area contributed by atoms with E-state index in [0.717, 1.165) is 23.9 Å². The molecule has 2 fully saturated rings. The number of rotatable bonds is 4. The molecule has 0 spiro atoms. The third kappa shape index (κ3) is 4.49. The van der Waals surface area contributed by atoms with Crippen molar-refractivity contribution in [3.63, 3.8) is 0 Å². The van der Waals surface area contributed by atoms with Crippen molar-refractivity contribution in [2.24, 2.45) is 4.99 Å². The van der Waals surface area contributed by atoms with Gasteiger partial charge in [0.05, 0.1) is 29.5 Å². The Bertz CT molecular complexity index is 946. The molecule has 1 aromatic carbocycles. The normalized spacial score (nSPS) is 25.1. The van der Waals surface area contributed by atoms with Gasteiger partial charge < -0.3 is 10.0 Å². The molecule has 0 radical (unpaired) electrons. The first-order valence-corrected chi connectivity index (χ1v) is 10.8. The van der Waals surface area contributed by atoms with Crippen LogP contribution in [0.15, 0.2) is 29.3 Å². The summed E-state index contributed by atoms with van der Waals surface area (Å²) >= 11 is 1.01. The SMILES string of the molecule is O=C(O)CCC(=O)N=C1S[C@H]2CS(=O)(=O)C[C@H]2N1c1cccc(C(F)(F)F)c1. The predicted molar refractivity (Wildman–Crippen MR) is 97.1 cm³/mol. The maximum atomic E-state index is 13.1. The highest BCUT2D eigenvalue weighted by atomic mass is 32.2. The molecule has 28 heavy (non-hydrogen) atoms. The minimum atomic E-state index is -4.58. The van der Waals surface area contributed by atoms with Gasteiger partial charge in [-0.3, -0.25) is 9.59 Å². The van der Waals surface area contributed by atoms with E-state index in [-0.39, 0.29) is 28.8 Å². The lowest BCUT2D eigenvalue weighted by molar-refractivity contribution is -0.138. The Hall–Kier alpha value is -2.08. The maximum Gasteiger partial charge on any atom is 0.416 e. The van der Waals surface area contributed by atoms with Crippen LogP contribution in [0.25, 0.3) is 0 Å². The zero-order chi connectivity index (χ0) is 20.7. The van der Waals surface area contributed by atoms with Gasteiger partial charge in [-0.2, -0.15) is 18.2 Å². The van der Waals surface area contributed by atoms with Crippen molar-refractivity contribution in [2.45, 2.75) is 30.3 Å². The number of carboxylic acids is 1. The molecule has 1 aromatic rings. The van der Waals surface area contributed by atoms with Crippen LogP contribution in [0, 0.1) is 0 Å². The largest absolute Gasteiger partial charge is 0.481 e. The number of nitrogens with zero attached hydrogens (tertiary/aromatic N) is 2. The minimum absolute atomic E-state index is 0.0803. The van der Waals surface area contributed by atoms with Crippen LogP contribution < -0.4 is 4.90 Å². The number of benzene rings is 1. The van der Waals surface area contributed by atoms with Gasteiger partial charge in [0.15, 0.2) is 15.0 Å². The standard InChI is InChI=1S/C16H15F3N2O5S2/c17-16(18,19)9-2-1-3-10(6-9)21-11-7-28(25,26)8-12(11)27-15(21)20-13(22)4-5-14(23)24/h1-3,6,11-12H,4-5,7-8H2,(H,23,24)/t11-,12+/m1/s1. The second-order valence-electron chi connectivity index (χ2n) is 6.40. The summed E-state index contributed by atoms with van der Waals surface area (Å²) in [5, 5.41) is 8.28. The maximum absolute atomic E-state index is 13.1. The molecular weight excluding hydrogens is 421 g/mol. The summed E-state index contributed by atoms with van der Waals surface area (Å²) in [6, 6.07) is 3.71. The number of alkyl halides is 3. The highest BCUT2D eigenvalue weighted by Gasteiger charge is 2.49. The number of amides is 1. The van der Waals surface area contributed by atoms with E-state index < -0.39 is 51.2 Å². The van der Waals surface area contributed by atoms with Crippen LogP contribution in [0.1, 0.15) is 18.4 Å². The smallest absolute Gasteiger partial charge is 0.416 e. The van der Waals surface area contributed by atoms with Crippen LogP contribution >= 0.6 is 11.8 Å². The molecule has 1 amide bonds. The number of aliphatic carboxylic acids is 1. The molecule has 2 saturated heterocycles. The van der Waals surface area contributed by atoms with Crippen molar-refractivity contribution in [3.05, 3.63) is 29.8 Å². The predicted octanol–water partition coefficient (Wildman–Crippen LogP) is 2.17. The highest BCUT2D eigenvalue weighted by Crippen LogP contribution is 2.42. The monoisotopic (exact) mass is 436 g/mol. The second-order valence-corrected chi connectivity index (χ2v) is 9.76. The average molecular weight is 436 g/mol. The Kier molecular flexibility index (Phi) is 5.45. The van der Waals surface area contributed by atoms with Crippen LogP contribution in [0.4, 0.5) is 18.9 Å². The van der Waals surface area contributed by atoms with Crippen molar-refractivity contribution < 1.29 is 36.3 Å². The van der Waals surface area contributed by atoms with Crippen molar-refractivity contribution in [1.29, 1.82) is 0 Å². The molecule has 0 unspecified atom stereocenters. The Balaban J connectivity index is 1.97. The fourth-order valence-electron chi connectivity index (χ4n) is 3.07. The Morgan fingerprint density at radius 3 is 2.61 bits per heavy atom. The van der Waals surface area contributed by atoms with Crippen molar-refractivity contribution in [1.82, 2.24) is 0 Å². The number of amidine groups is 1. The number of carbonyl (C=O) groups is 2. The van der Waals surface area contributed by atoms with Gasteiger partial charge in [-0.25, -0.2) is 8.42 Å². The van der Waals surface area contributed by atoms with Crippen LogP contribution in [0.2, 0.25) is 0 Å². The molecule has 0 aromatic heterocycles. The van der Waals surface area contributed by atoms with E-state index in [0.29, 0.717) is 0 Å². The van der Waals surface area contributed by atoms with Crippen LogP contribution in [0.3, 0.4) is 0 Å². The number of sulfone groups is 1. The van der Waals surface area contributed by atoms with E-state index in [9.17, 15) is 31.2 Å². The molecule has 2 aliphatic heterocycles. The summed E-state index contributed by atoms with van der Waals surface area (Å²) in [6.45, 7) is 0. The van der Waals surface area contributed by atoms with E-state index in [1.54, 1.807) is 0 Å². The molecule has 1 N–H and O–H groups in total. The second kappa shape index (κ2) is 7.39. The molecule has 0 aliphatic carbocycles. The lowest BCUT2D eigenvalue weighted by Gasteiger charge is -2.25. The summed E-state index contributed by atoms with van der Waals surface area (Å²) in [6.07, 6.45) is -5.37. The molecule has 152 valence electrons. The molecule has 2 atom stereocenters. The van der Waals surface area contributed by atoms with Gasteiger partial charge in [0.1, 0.15) is 0 Å². The lowest BCUT2D eigenvalue weighted by atomic mass is 10.1. The van der Waals surface area contributed by atoms with Crippen LogP contribution in [-0.4, -0.2) is 53.4 Å². The first kappa shape index (κ1) is 20.6. The molecular formula is C16H15F3N2O5S2.